The first-order valence-corrected chi connectivity index (χ1v) is 9.86. The van der Waals surface area contributed by atoms with Gasteiger partial charge in [0.05, 0.1) is 5.92 Å². The van der Waals surface area contributed by atoms with Gasteiger partial charge < -0.3 is 15.5 Å². The van der Waals surface area contributed by atoms with E-state index >= 15 is 0 Å². The summed E-state index contributed by atoms with van der Waals surface area (Å²) in [5, 5.41) is 0.878. The molecule has 1 aromatic carbocycles. The summed E-state index contributed by atoms with van der Waals surface area (Å²) in [7, 11) is 0. The van der Waals surface area contributed by atoms with Crippen LogP contribution >= 0.6 is 35.6 Å². The number of benzene rings is 1. The van der Waals surface area contributed by atoms with E-state index in [0.29, 0.717) is 41.8 Å². The number of carbonyl (C=O) groups is 2. The molecule has 8 heteroatoms. The van der Waals surface area contributed by atoms with Crippen LogP contribution in [0, 0.1) is 5.92 Å². The minimum Gasteiger partial charge on any atom is -0.339 e. The smallest absolute Gasteiger partial charge is 0.254 e. The summed E-state index contributed by atoms with van der Waals surface area (Å²) in [5.74, 6) is -0.0966. The van der Waals surface area contributed by atoms with E-state index < -0.39 is 5.54 Å². The highest BCUT2D eigenvalue weighted by atomic mass is 35.5. The van der Waals surface area contributed by atoms with Gasteiger partial charge in [-0.3, -0.25) is 9.59 Å². The Labute approximate surface area is 176 Å². The van der Waals surface area contributed by atoms with Crippen LogP contribution in [0.3, 0.4) is 0 Å². The molecule has 1 aliphatic heterocycles. The number of nitrogens with two attached hydrogens (primary N) is 1. The first-order chi connectivity index (χ1) is 12.3. The quantitative estimate of drug-likeness (QED) is 0.773. The molecule has 2 atom stereocenters. The number of rotatable bonds is 2. The molecule has 1 aliphatic carbocycles. The number of carbonyl (C=O) groups excluding carboxylic acids is 2. The summed E-state index contributed by atoms with van der Waals surface area (Å²) in [6.45, 7) is 4.06. The fourth-order valence-corrected chi connectivity index (χ4v) is 4.50. The Morgan fingerprint density at radius 1 is 1.04 bits per heavy atom. The van der Waals surface area contributed by atoms with E-state index in [1.54, 1.807) is 23.1 Å². The normalized spacial score (nSPS) is 25.7. The van der Waals surface area contributed by atoms with Crippen LogP contribution in [0.2, 0.25) is 10.0 Å². The van der Waals surface area contributed by atoms with Gasteiger partial charge in [0.2, 0.25) is 5.91 Å². The van der Waals surface area contributed by atoms with E-state index in [1.807, 2.05) is 11.8 Å². The molecule has 2 N–H and O–H groups in total. The zero-order valence-electron chi connectivity index (χ0n) is 15.4. The zero-order chi connectivity index (χ0) is 18.9. The average molecular weight is 435 g/mol. The van der Waals surface area contributed by atoms with Gasteiger partial charge in [-0.25, -0.2) is 0 Å². The summed E-state index contributed by atoms with van der Waals surface area (Å²) in [6, 6.07) is 4.84. The minimum absolute atomic E-state index is 0. The van der Waals surface area contributed by atoms with E-state index in [4.69, 9.17) is 28.9 Å². The van der Waals surface area contributed by atoms with Crippen molar-refractivity contribution in [1.29, 1.82) is 0 Å². The maximum Gasteiger partial charge on any atom is 0.254 e. The second-order valence-electron chi connectivity index (χ2n) is 7.58. The van der Waals surface area contributed by atoms with Gasteiger partial charge in [0, 0.05) is 47.3 Å². The molecule has 150 valence electrons. The van der Waals surface area contributed by atoms with E-state index in [9.17, 15) is 9.59 Å². The monoisotopic (exact) mass is 433 g/mol. The SMILES string of the molecule is CC1(N)CCCCC1C(=O)N1CCN(C(=O)c2cc(Cl)cc(Cl)c2)CC1.Cl. The average Bonchev–Trinajstić information content (AvgIpc) is 2.59. The summed E-state index contributed by atoms with van der Waals surface area (Å²) in [4.78, 5) is 29.2. The molecule has 0 bridgehead atoms. The lowest BCUT2D eigenvalue weighted by molar-refractivity contribution is -0.140. The number of halogens is 3. The van der Waals surface area contributed by atoms with E-state index in [1.165, 1.54) is 0 Å². The van der Waals surface area contributed by atoms with Crippen molar-refractivity contribution in [2.75, 3.05) is 26.2 Å². The Hall–Kier alpha value is -1.01. The second kappa shape index (κ2) is 8.99. The van der Waals surface area contributed by atoms with Crippen molar-refractivity contribution >= 4 is 47.4 Å². The molecule has 2 amide bonds. The molecule has 0 radical (unpaired) electrons. The molecule has 2 aliphatic rings. The molecule has 5 nitrogen and oxygen atoms in total. The van der Waals surface area contributed by atoms with E-state index in [-0.39, 0.29) is 30.1 Å². The van der Waals surface area contributed by atoms with Gasteiger partial charge in [0.1, 0.15) is 0 Å². The Balaban J connectivity index is 0.00000261. The highest BCUT2D eigenvalue weighted by molar-refractivity contribution is 6.35. The fourth-order valence-electron chi connectivity index (χ4n) is 3.97. The van der Waals surface area contributed by atoms with Crippen LogP contribution in [0.4, 0.5) is 0 Å². The molecule has 2 fully saturated rings. The molecule has 27 heavy (non-hydrogen) atoms. The maximum absolute atomic E-state index is 12.9. The van der Waals surface area contributed by atoms with Crippen molar-refractivity contribution in [3.05, 3.63) is 33.8 Å². The fraction of sp³-hybridized carbons (Fsp3) is 0.579. The number of piperazine rings is 1. The lowest BCUT2D eigenvalue weighted by atomic mass is 9.74. The third-order valence-electron chi connectivity index (χ3n) is 5.54. The molecule has 1 aromatic rings. The van der Waals surface area contributed by atoms with Gasteiger partial charge in [-0.15, -0.1) is 12.4 Å². The van der Waals surface area contributed by atoms with Crippen molar-refractivity contribution in [3.8, 4) is 0 Å². The third-order valence-corrected chi connectivity index (χ3v) is 5.98. The predicted octanol–water partition coefficient (Wildman–Crippen LogP) is 3.61. The van der Waals surface area contributed by atoms with Crippen LogP contribution in [0.15, 0.2) is 18.2 Å². The van der Waals surface area contributed by atoms with Gasteiger partial charge in [0.15, 0.2) is 0 Å². The Kier molecular flexibility index (Phi) is 7.42. The molecule has 1 heterocycles. The largest absolute Gasteiger partial charge is 0.339 e. The minimum atomic E-state index is -0.431. The summed E-state index contributed by atoms with van der Waals surface area (Å²) >= 11 is 12.0. The second-order valence-corrected chi connectivity index (χ2v) is 8.45. The van der Waals surface area contributed by atoms with Crippen LogP contribution in [0.25, 0.3) is 0 Å². The molecule has 1 saturated heterocycles. The van der Waals surface area contributed by atoms with Crippen molar-refractivity contribution in [2.45, 2.75) is 38.1 Å². The standard InChI is InChI=1S/C19H25Cl2N3O2.ClH/c1-19(22)5-3-2-4-16(19)18(26)24-8-6-23(7-9-24)17(25)13-10-14(20)12-15(21)11-13;/h10-12,16H,2-9,22H2,1H3;1H. The Morgan fingerprint density at radius 3 is 2.15 bits per heavy atom. The molecule has 0 spiro atoms. The van der Waals surface area contributed by atoms with Crippen molar-refractivity contribution < 1.29 is 9.59 Å². The summed E-state index contributed by atoms with van der Waals surface area (Å²) in [5.41, 5.74) is 6.42. The van der Waals surface area contributed by atoms with Crippen LogP contribution < -0.4 is 5.73 Å². The predicted molar refractivity (Wildman–Crippen MR) is 111 cm³/mol. The molecule has 2 unspecified atom stereocenters. The van der Waals surface area contributed by atoms with Gasteiger partial charge in [-0.2, -0.15) is 0 Å². The molecule has 3 rings (SSSR count). The van der Waals surface area contributed by atoms with Crippen molar-refractivity contribution in [2.24, 2.45) is 11.7 Å². The molecular weight excluding hydrogens is 409 g/mol. The first-order valence-electron chi connectivity index (χ1n) is 9.11. The summed E-state index contributed by atoms with van der Waals surface area (Å²) in [6.07, 6.45) is 3.88. The number of hydrogen-bond acceptors (Lipinski definition) is 3. The number of hydrogen-bond donors (Lipinski definition) is 1. The molecular formula is C19H26Cl3N3O2. The van der Waals surface area contributed by atoms with Gasteiger partial charge in [0.25, 0.3) is 5.91 Å². The van der Waals surface area contributed by atoms with E-state index in [2.05, 4.69) is 0 Å². The van der Waals surface area contributed by atoms with E-state index in [0.717, 1.165) is 25.7 Å². The van der Waals surface area contributed by atoms with Crippen LogP contribution in [0.5, 0.6) is 0 Å². The number of nitrogens with zero attached hydrogens (tertiary/aromatic N) is 2. The molecule has 0 aromatic heterocycles. The topological polar surface area (TPSA) is 66.6 Å². The Bertz CT molecular complexity index is 683. The van der Waals surface area contributed by atoms with Crippen molar-refractivity contribution in [1.82, 2.24) is 9.80 Å². The summed E-state index contributed by atoms with van der Waals surface area (Å²) < 4.78 is 0. The highest BCUT2D eigenvalue weighted by Crippen LogP contribution is 2.33. The lowest BCUT2D eigenvalue weighted by Crippen LogP contribution is -2.57. The van der Waals surface area contributed by atoms with Gasteiger partial charge in [-0.1, -0.05) is 36.0 Å². The zero-order valence-corrected chi connectivity index (χ0v) is 17.7. The third kappa shape index (κ3) is 5.08. The van der Waals surface area contributed by atoms with Crippen LogP contribution in [-0.4, -0.2) is 53.3 Å². The van der Waals surface area contributed by atoms with Gasteiger partial charge in [-0.05, 0) is 38.0 Å². The highest BCUT2D eigenvalue weighted by Gasteiger charge is 2.40. The molecule has 1 saturated carbocycles. The Morgan fingerprint density at radius 2 is 1.59 bits per heavy atom. The van der Waals surface area contributed by atoms with Crippen molar-refractivity contribution in [3.63, 3.8) is 0 Å². The lowest BCUT2D eigenvalue weighted by Gasteiger charge is -2.42. The van der Waals surface area contributed by atoms with Crippen LogP contribution in [0.1, 0.15) is 43.0 Å². The van der Waals surface area contributed by atoms with Crippen LogP contribution in [-0.2, 0) is 4.79 Å². The first kappa shape index (κ1) is 22.3. The maximum atomic E-state index is 12.9. The van der Waals surface area contributed by atoms with Gasteiger partial charge >= 0.3 is 0 Å². The number of amides is 2.